The molecule has 6 heteroatoms. The largest absolute Gasteiger partial charge is 0.383 e. The molecule has 0 atom stereocenters. The van der Waals surface area contributed by atoms with Gasteiger partial charge in [0.25, 0.3) is 5.69 Å². The third-order valence-electron chi connectivity index (χ3n) is 2.17. The van der Waals surface area contributed by atoms with Gasteiger partial charge in [0, 0.05) is 23.7 Å². The number of nitro groups is 1. The number of benzene rings is 1. The summed E-state index contributed by atoms with van der Waals surface area (Å²) in [6.45, 7) is 2.76. The molecule has 0 bridgehead atoms. The summed E-state index contributed by atoms with van der Waals surface area (Å²) in [5.74, 6) is 0. The molecule has 0 aromatic heterocycles. The fourth-order valence-corrected chi connectivity index (χ4v) is 1.66. The van der Waals surface area contributed by atoms with Crippen molar-refractivity contribution in [3.05, 3.63) is 32.3 Å². The van der Waals surface area contributed by atoms with Crippen molar-refractivity contribution in [2.45, 2.75) is 6.92 Å². The van der Waals surface area contributed by atoms with E-state index in [1.165, 1.54) is 0 Å². The number of nitrogens with one attached hydrogen (secondary N) is 1. The maximum atomic E-state index is 10.9. The van der Waals surface area contributed by atoms with E-state index in [0.29, 0.717) is 24.4 Å². The quantitative estimate of drug-likeness (QED) is 0.514. The van der Waals surface area contributed by atoms with Gasteiger partial charge in [0.05, 0.1) is 11.5 Å². The number of hydrogen-bond donors (Lipinski definition) is 1. The summed E-state index contributed by atoms with van der Waals surface area (Å²) in [6.07, 6.45) is 0. The molecule has 88 valence electrons. The number of anilines is 1. The maximum absolute atomic E-state index is 10.9. The van der Waals surface area contributed by atoms with Crippen LogP contribution in [0.5, 0.6) is 0 Å². The molecule has 0 spiro atoms. The number of halogens is 1. The van der Waals surface area contributed by atoms with Crippen LogP contribution in [0, 0.1) is 17.0 Å². The molecule has 0 unspecified atom stereocenters. The topological polar surface area (TPSA) is 64.4 Å². The summed E-state index contributed by atoms with van der Waals surface area (Å²) in [6, 6.07) is 3.47. The maximum Gasteiger partial charge on any atom is 0.296 e. The molecule has 1 aromatic rings. The normalized spacial score (nSPS) is 10.2. The molecular formula is C10H13BrN2O3. The zero-order chi connectivity index (χ0) is 12.1. The molecule has 0 radical (unpaired) electrons. The van der Waals surface area contributed by atoms with E-state index in [1.807, 2.05) is 0 Å². The Kier molecular flexibility index (Phi) is 4.70. The first-order valence-electron chi connectivity index (χ1n) is 4.74. The van der Waals surface area contributed by atoms with Crippen LogP contribution in [0.3, 0.4) is 0 Å². The highest BCUT2D eigenvalue weighted by molar-refractivity contribution is 9.10. The van der Waals surface area contributed by atoms with E-state index >= 15 is 0 Å². The Labute approximate surface area is 102 Å². The van der Waals surface area contributed by atoms with Crippen LogP contribution in [0.15, 0.2) is 16.6 Å². The molecular weight excluding hydrogens is 276 g/mol. The molecule has 1 aromatic carbocycles. The highest BCUT2D eigenvalue weighted by Gasteiger charge is 2.18. The minimum Gasteiger partial charge on any atom is -0.383 e. The molecule has 0 heterocycles. The second kappa shape index (κ2) is 5.81. The van der Waals surface area contributed by atoms with Crippen LogP contribution in [0.25, 0.3) is 0 Å². The smallest absolute Gasteiger partial charge is 0.296 e. The summed E-state index contributed by atoms with van der Waals surface area (Å²) in [5.41, 5.74) is 1.24. The molecule has 0 saturated carbocycles. The Balaban J connectivity index is 2.99. The van der Waals surface area contributed by atoms with Gasteiger partial charge in [0.15, 0.2) is 0 Å². The van der Waals surface area contributed by atoms with Gasteiger partial charge in [-0.2, -0.15) is 0 Å². The highest BCUT2D eigenvalue weighted by Crippen LogP contribution is 2.33. The average Bonchev–Trinajstić information content (AvgIpc) is 2.23. The fraction of sp³-hybridized carbons (Fsp3) is 0.400. The lowest BCUT2D eigenvalue weighted by molar-refractivity contribution is -0.384. The number of rotatable bonds is 5. The van der Waals surface area contributed by atoms with Crippen molar-refractivity contribution >= 4 is 27.3 Å². The van der Waals surface area contributed by atoms with Gasteiger partial charge < -0.3 is 10.1 Å². The second-order valence-electron chi connectivity index (χ2n) is 3.25. The van der Waals surface area contributed by atoms with Gasteiger partial charge in [-0.3, -0.25) is 10.1 Å². The average molecular weight is 289 g/mol. The molecule has 0 fully saturated rings. The van der Waals surface area contributed by atoms with E-state index in [1.54, 1.807) is 26.2 Å². The van der Waals surface area contributed by atoms with E-state index in [9.17, 15) is 10.1 Å². The second-order valence-corrected chi connectivity index (χ2v) is 4.10. The summed E-state index contributed by atoms with van der Waals surface area (Å²) < 4.78 is 5.61. The van der Waals surface area contributed by atoms with Gasteiger partial charge in [-0.05, 0) is 19.1 Å². The lowest BCUT2D eigenvalue weighted by atomic mass is 10.1. The summed E-state index contributed by atoms with van der Waals surface area (Å²) in [4.78, 5) is 10.6. The fourth-order valence-electron chi connectivity index (χ4n) is 1.34. The molecule has 0 aliphatic carbocycles. The Morgan fingerprint density at radius 1 is 1.56 bits per heavy atom. The van der Waals surface area contributed by atoms with Crippen molar-refractivity contribution in [2.75, 3.05) is 25.6 Å². The summed E-state index contributed by atoms with van der Waals surface area (Å²) >= 11 is 3.27. The number of hydrogen-bond acceptors (Lipinski definition) is 4. The van der Waals surface area contributed by atoms with Crippen LogP contribution in [0.4, 0.5) is 11.4 Å². The van der Waals surface area contributed by atoms with E-state index in [0.717, 1.165) is 4.47 Å². The zero-order valence-electron chi connectivity index (χ0n) is 9.12. The minimum atomic E-state index is -0.380. The molecule has 0 aliphatic heterocycles. The van der Waals surface area contributed by atoms with E-state index in [-0.39, 0.29) is 10.6 Å². The van der Waals surface area contributed by atoms with Crippen LogP contribution in [0.1, 0.15) is 5.56 Å². The van der Waals surface area contributed by atoms with Gasteiger partial charge >= 0.3 is 0 Å². The highest BCUT2D eigenvalue weighted by atomic mass is 79.9. The minimum absolute atomic E-state index is 0.102. The van der Waals surface area contributed by atoms with Gasteiger partial charge in [-0.1, -0.05) is 15.9 Å². The lowest BCUT2D eigenvalue weighted by Crippen LogP contribution is -2.09. The van der Waals surface area contributed by atoms with E-state index in [2.05, 4.69) is 21.2 Å². The van der Waals surface area contributed by atoms with Crippen molar-refractivity contribution in [2.24, 2.45) is 0 Å². The predicted octanol–water partition coefficient (Wildman–Crippen LogP) is 2.72. The number of methoxy groups -OCH3 is 1. The van der Waals surface area contributed by atoms with Crippen LogP contribution >= 0.6 is 15.9 Å². The number of nitro benzene ring substituents is 1. The Morgan fingerprint density at radius 3 is 2.81 bits per heavy atom. The van der Waals surface area contributed by atoms with Gasteiger partial charge in [0.1, 0.15) is 5.69 Å². The van der Waals surface area contributed by atoms with Crippen molar-refractivity contribution in [3.63, 3.8) is 0 Å². The van der Waals surface area contributed by atoms with Crippen LogP contribution < -0.4 is 5.32 Å². The third kappa shape index (κ3) is 2.93. The molecule has 5 nitrogen and oxygen atoms in total. The Morgan fingerprint density at radius 2 is 2.25 bits per heavy atom. The van der Waals surface area contributed by atoms with Gasteiger partial charge in [-0.25, -0.2) is 0 Å². The first kappa shape index (κ1) is 12.9. The van der Waals surface area contributed by atoms with Crippen molar-refractivity contribution < 1.29 is 9.66 Å². The first-order chi connectivity index (χ1) is 7.57. The molecule has 0 amide bonds. The summed E-state index contributed by atoms with van der Waals surface area (Å²) in [5, 5.41) is 13.9. The van der Waals surface area contributed by atoms with Crippen LogP contribution in [-0.2, 0) is 4.74 Å². The SMILES string of the molecule is COCCNc1ccc(Br)c(C)c1[N+](=O)[O-]. The third-order valence-corrected chi connectivity index (χ3v) is 3.03. The zero-order valence-corrected chi connectivity index (χ0v) is 10.7. The van der Waals surface area contributed by atoms with Crippen molar-refractivity contribution in [1.82, 2.24) is 0 Å². The monoisotopic (exact) mass is 288 g/mol. The lowest BCUT2D eigenvalue weighted by Gasteiger charge is -2.09. The first-order valence-corrected chi connectivity index (χ1v) is 5.53. The van der Waals surface area contributed by atoms with E-state index < -0.39 is 0 Å². The standard InChI is InChI=1S/C10H13BrN2O3/c1-7-8(11)3-4-9(10(7)13(14)15)12-5-6-16-2/h3-4,12H,5-6H2,1-2H3. The van der Waals surface area contributed by atoms with Crippen LogP contribution in [-0.4, -0.2) is 25.2 Å². The van der Waals surface area contributed by atoms with E-state index in [4.69, 9.17) is 4.74 Å². The van der Waals surface area contributed by atoms with Crippen molar-refractivity contribution in [1.29, 1.82) is 0 Å². The predicted molar refractivity (Wildman–Crippen MR) is 65.9 cm³/mol. The summed E-state index contributed by atoms with van der Waals surface area (Å²) in [7, 11) is 1.59. The Bertz CT molecular complexity index is 396. The van der Waals surface area contributed by atoms with Crippen LogP contribution in [0.2, 0.25) is 0 Å². The van der Waals surface area contributed by atoms with Crippen molar-refractivity contribution in [3.8, 4) is 0 Å². The molecule has 1 rings (SSSR count). The Hall–Kier alpha value is -1.14. The van der Waals surface area contributed by atoms with Gasteiger partial charge in [-0.15, -0.1) is 0 Å². The molecule has 0 aliphatic rings. The molecule has 16 heavy (non-hydrogen) atoms. The number of nitrogens with zero attached hydrogens (tertiary/aromatic N) is 1. The molecule has 0 saturated heterocycles. The van der Waals surface area contributed by atoms with Gasteiger partial charge in [0.2, 0.25) is 0 Å². The molecule has 1 N–H and O–H groups in total. The number of ether oxygens (including phenoxy) is 1.